The molecule has 36 heavy (non-hydrogen) atoms. The minimum Gasteiger partial charge on any atom is -0.494 e. The lowest BCUT2D eigenvalue weighted by molar-refractivity contribution is -0.142. The van der Waals surface area contributed by atoms with E-state index in [9.17, 15) is 19.5 Å². The van der Waals surface area contributed by atoms with E-state index in [2.05, 4.69) is 22.9 Å². The van der Waals surface area contributed by atoms with Gasteiger partial charge in [0.25, 0.3) is 11.8 Å². The van der Waals surface area contributed by atoms with Crippen LogP contribution in [-0.2, 0) is 14.4 Å². The molecule has 9 nitrogen and oxygen atoms in total. The summed E-state index contributed by atoms with van der Waals surface area (Å²) in [5.74, 6) is -1.47. The van der Waals surface area contributed by atoms with Crippen molar-refractivity contribution in [2.45, 2.75) is 57.8 Å². The highest BCUT2D eigenvalue weighted by molar-refractivity contribution is 6.19. The normalized spacial score (nSPS) is 26.4. The third-order valence-electron chi connectivity index (χ3n) is 7.30. The van der Waals surface area contributed by atoms with Crippen LogP contribution < -0.4 is 10.7 Å². The van der Waals surface area contributed by atoms with E-state index in [1.165, 1.54) is 5.01 Å². The molecule has 1 saturated carbocycles. The molecular formula is C27H35N5O4. The Morgan fingerprint density at radius 1 is 1.19 bits per heavy atom. The molecule has 2 unspecified atom stereocenters. The molecule has 9 heteroatoms. The summed E-state index contributed by atoms with van der Waals surface area (Å²) in [6.07, 6.45) is 6.58. The lowest BCUT2D eigenvalue weighted by Crippen LogP contribution is -2.59. The predicted octanol–water partition coefficient (Wildman–Crippen LogP) is 2.22. The van der Waals surface area contributed by atoms with Gasteiger partial charge in [-0.1, -0.05) is 50.3 Å². The highest BCUT2D eigenvalue weighted by Crippen LogP contribution is 2.34. The van der Waals surface area contributed by atoms with Gasteiger partial charge in [-0.25, -0.2) is 10.4 Å². The molecule has 1 aromatic rings. The molecule has 3 atom stereocenters. The van der Waals surface area contributed by atoms with Crippen molar-refractivity contribution in [3.05, 3.63) is 59.5 Å². The van der Waals surface area contributed by atoms with Crippen LogP contribution in [0.25, 0.3) is 0 Å². The monoisotopic (exact) mass is 493 g/mol. The molecule has 3 N–H and O–H groups in total. The molecule has 2 saturated heterocycles. The molecule has 4 aliphatic rings. The van der Waals surface area contributed by atoms with Crippen molar-refractivity contribution in [1.82, 2.24) is 25.6 Å². The largest absolute Gasteiger partial charge is 0.494 e. The number of hydrogen-bond acceptors (Lipinski definition) is 6. The van der Waals surface area contributed by atoms with Gasteiger partial charge in [-0.05, 0) is 43.2 Å². The fourth-order valence-corrected chi connectivity index (χ4v) is 5.43. The number of benzene rings is 1. The number of likely N-dealkylation sites (tertiary alicyclic amines) is 1. The van der Waals surface area contributed by atoms with E-state index >= 15 is 0 Å². The zero-order valence-corrected chi connectivity index (χ0v) is 20.9. The van der Waals surface area contributed by atoms with Gasteiger partial charge in [-0.3, -0.25) is 14.4 Å². The molecule has 5 rings (SSSR count). The number of hydrogen-bond donors (Lipinski definition) is 3. The smallest absolute Gasteiger partial charge is 0.280 e. The first-order valence-electron chi connectivity index (χ1n) is 13.0. The molecule has 0 spiro atoms. The molecule has 3 fully saturated rings. The van der Waals surface area contributed by atoms with Crippen LogP contribution in [0.1, 0.15) is 51.1 Å². The second-order valence-corrected chi connectivity index (χ2v) is 10.6. The first kappa shape index (κ1) is 24.4. The van der Waals surface area contributed by atoms with Gasteiger partial charge in [0.1, 0.15) is 6.17 Å². The van der Waals surface area contributed by atoms with Crippen LogP contribution in [0, 0.1) is 11.8 Å². The first-order chi connectivity index (χ1) is 17.3. The van der Waals surface area contributed by atoms with Gasteiger partial charge in [0.15, 0.2) is 5.57 Å². The Labute approximate surface area is 211 Å². The summed E-state index contributed by atoms with van der Waals surface area (Å²) in [5.41, 5.74) is 4.02. The van der Waals surface area contributed by atoms with Crippen LogP contribution >= 0.6 is 0 Å². The van der Waals surface area contributed by atoms with Crippen molar-refractivity contribution >= 4 is 17.7 Å². The number of rotatable bonds is 7. The van der Waals surface area contributed by atoms with Crippen molar-refractivity contribution in [3.63, 3.8) is 0 Å². The third-order valence-corrected chi connectivity index (χ3v) is 7.30. The minimum atomic E-state index is -0.540. The number of carbonyl (C=O) groups is 3. The number of carbonyl (C=O) groups excluding carboxylic acids is 3. The first-order valence-corrected chi connectivity index (χ1v) is 13.0. The standard InChI is InChI=1S/C27H35N5O4/c1-17(2)16-31-25-19(10-13-22(33)30-14-6-9-21(30)18-7-4-3-5-8-18)15-28-32(25)27(36)23(26(31)35)24(34)29-20-11-12-20/h3-5,7-8,10,13,17,19-21,25,28,35H,6,9,11-12,14-16H2,1-2H3,(H,29,34)/b13-10+/t19?,21-,25?/m1/s1. The van der Waals surface area contributed by atoms with Crippen LogP contribution in [0.3, 0.4) is 0 Å². The van der Waals surface area contributed by atoms with E-state index in [0.29, 0.717) is 19.6 Å². The lowest BCUT2D eigenvalue weighted by Gasteiger charge is -2.42. The van der Waals surface area contributed by atoms with Crippen molar-refractivity contribution in [2.75, 3.05) is 19.6 Å². The van der Waals surface area contributed by atoms with Gasteiger partial charge in [0.2, 0.25) is 11.8 Å². The molecule has 3 amide bonds. The molecule has 3 heterocycles. The van der Waals surface area contributed by atoms with Crippen molar-refractivity contribution in [1.29, 1.82) is 0 Å². The summed E-state index contributed by atoms with van der Waals surface area (Å²) in [6.45, 7) is 5.63. The lowest BCUT2D eigenvalue weighted by atomic mass is 10.0. The molecule has 0 bridgehead atoms. The minimum absolute atomic E-state index is 0.0541. The summed E-state index contributed by atoms with van der Waals surface area (Å²) < 4.78 is 0. The van der Waals surface area contributed by atoms with E-state index in [4.69, 9.17) is 0 Å². The SMILES string of the molecule is CC(C)CN1C(O)=C(C(=O)NC2CC2)C(=O)N2NCC(/C=C/C(=O)N3CCC[C@@H]3c3ccccc3)C12. The van der Waals surface area contributed by atoms with Gasteiger partial charge in [-0.15, -0.1) is 0 Å². The number of fused-ring (bicyclic) bond motifs is 1. The summed E-state index contributed by atoms with van der Waals surface area (Å²) in [6, 6.07) is 10.2. The number of nitrogens with one attached hydrogen (secondary N) is 2. The van der Waals surface area contributed by atoms with Gasteiger partial charge in [0.05, 0.1) is 6.04 Å². The molecule has 1 aromatic carbocycles. The van der Waals surface area contributed by atoms with Crippen LogP contribution in [0.5, 0.6) is 0 Å². The zero-order valence-electron chi connectivity index (χ0n) is 20.9. The molecule has 192 valence electrons. The Hall–Kier alpha value is -3.33. The van der Waals surface area contributed by atoms with Crippen LogP contribution in [0.2, 0.25) is 0 Å². The van der Waals surface area contributed by atoms with Crippen molar-refractivity contribution < 1.29 is 19.5 Å². The fourth-order valence-electron chi connectivity index (χ4n) is 5.43. The zero-order chi connectivity index (χ0) is 25.4. The average Bonchev–Trinajstić information content (AvgIpc) is 3.36. The van der Waals surface area contributed by atoms with Crippen LogP contribution in [0.15, 0.2) is 53.9 Å². The van der Waals surface area contributed by atoms with Crippen LogP contribution in [-0.4, -0.2) is 69.5 Å². The average molecular weight is 494 g/mol. The Bertz CT molecular complexity index is 1080. The highest BCUT2D eigenvalue weighted by atomic mass is 16.3. The summed E-state index contributed by atoms with van der Waals surface area (Å²) in [4.78, 5) is 42.8. The van der Waals surface area contributed by atoms with Gasteiger partial charge in [0, 0.05) is 31.6 Å². The van der Waals surface area contributed by atoms with E-state index in [-0.39, 0.29) is 41.3 Å². The number of aliphatic hydroxyl groups is 1. The Balaban J connectivity index is 1.36. The molecular weight excluding hydrogens is 458 g/mol. The molecule has 3 aliphatic heterocycles. The van der Waals surface area contributed by atoms with Crippen molar-refractivity contribution in [2.24, 2.45) is 11.8 Å². The number of hydrazine groups is 1. The van der Waals surface area contributed by atoms with E-state index in [1.807, 2.05) is 43.0 Å². The van der Waals surface area contributed by atoms with Gasteiger partial charge >= 0.3 is 0 Å². The third kappa shape index (κ3) is 4.72. The van der Waals surface area contributed by atoms with Crippen LogP contribution in [0.4, 0.5) is 0 Å². The number of amides is 3. The maximum absolute atomic E-state index is 13.2. The van der Waals surface area contributed by atoms with Crippen molar-refractivity contribution in [3.8, 4) is 0 Å². The quantitative estimate of drug-likeness (QED) is 0.397. The highest BCUT2D eigenvalue weighted by Gasteiger charge is 2.49. The summed E-state index contributed by atoms with van der Waals surface area (Å²) in [5, 5.41) is 15.3. The molecule has 0 radical (unpaired) electrons. The van der Waals surface area contributed by atoms with Gasteiger partial charge in [-0.2, -0.15) is 0 Å². The van der Waals surface area contributed by atoms with E-state index in [0.717, 1.165) is 31.2 Å². The fraction of sp³-hybridized carbons (Fsp3) is 0.519. The Morgan fingerprint density at radius 2 is 1.94 bits per heavy atom. The second-order valence-electron chi connectivity index (χ2n) is 10.6. The predicted molar refractivity (Wildman–Crippen MR) is 134 cm³/mol. The summed E-state index contributed by atoms with van der Waals surface area (Å²) in [7, 11) is 0. The summed E-state index contributed by atoms with van der Waals surface area (Å²) >= 11 is 0. The van der Waals surface area contributed by atoms with E-state index < -0.39 is 18.0 Å². The number of aliphatic hydroxyl groups excluding tert-OH is 1. The maximum Gasteiger partial charge on any atom is 0.280 e. The van der Waals surface area contributed by atoms with Gasteiger partial charge < -0.3 is 20.2 Å². The van der Waals surface area contributed by atoms with E-state index in [1.54, 1.807) is 11.0 Å². The Morgan fingerprint density at radius 3 is 2.64 bits per heavy atom. The number of nitrogens with zero attached hydrogens (tertiary/aromatic N) is 3. The second kappa shape index (κ2) is 9.97. The Kier molecular flexibility index (Phi) is 6.75. The molecule has 1 aliphatic carbocycles. The molecule has 0 aromatic heterocycles. The topological polar surface area (TPSA) is 105 Å². The maximum atomic E-state index is 13.2.